The van der Waals surface area contributed by atoms with Crippen molar-refractivity contribution >= 4 is 11.6 Å². The highest BCUT2D eigenvalue weighted by Crippen LogP contribution is 2.12. The normalized spacial score (nSPS) is 12.1. The number of halogens is 1. The molecule has 0 heterocycles. The smallest absolute Gasteiger partial charge is 0.418 e. The number of ether oxygens (including phenoxy) is 1. The van der Waals surface area contributed by atoms with Crippen LogP contribution >= 0.6 is 11.6 Å². The van der Waals surface area contributed by atoms with E-state index in [0.717, 1.165) is 0 Å². The zero-order chi connectivity index (χ0) is 8.97. The van der Waals surface area contributed by atoms with Gasteiger partial charge in [0.15, 0.2) is 0 Å². The third-order valence-corrected chi connectivity index (χ3v) is 1.39. The summed E-state index contributed by atoms with van der Waals surface area (Å²) >= 11 is 5.23. The second kappa shape index (κ2) is 3.92. The van der Waals surface area contributed by atoms with E-state index in [9.17, 15) is 10.1 Å². The molecule has 0 saturated heterocycles. The van der Waals surface area contributed by atoms with Gasteiger partial charge < -0.3 is 4.74 Å². The third kappa shape index (κ3) is 2.39. The van der Waals surface area contributed by atoms with Crippen molar-refractivity contribution in [2.24, 2.45) is 0 Å². The maximum Gasteiger partial charge on any atom is 0.435 e. The van der Waals surface area contributed by atoms with Gasteiger partial charge in [-0.1, -0.05) is 18.2 Å². The Bertz CT molecular complexity index is 265. The van der Waals surface area contributed by atoms with Crippen molar-refractivity contribution in [3.63, 3.8) is 0 Å². The van der Waals surface area contributed by atoms with Crippen molar-refractivity contribution in [1.82, 2.24) is 0 Å². The summed E-state index contributed by atoms with van der Waals surface area (Å²) in [6.45, 7) is 0. The van der Waals surface area contributed by atoms with Crippen LogP contribution in [0.4, 0.5) is 0 Å². The number of rotatable bonds is 3. The van der Waals surface area contributed by atoms with Crippen LogP contribution in [0.5, 0.6) is 5.75 Å². The number of hydrogen-bond acceptors (Lipinski definition) is 3. The average Bonchev–Trinajstić information content (AvgIpc) is 2.06. The van der Waals surface area contributed by atoms with E-state index in [0.29, 0.717) is 5.75 Å². The lowest BCUT2D eigenvalue weighted by molar-refractivity contribution is -0.535. The fraction of sp³-hybridized carbons (Fsp3) is 0.143. The highest BCUT2D eigenvalue weighted by Gasteiger charge is 2.16. The summed E-state index contributed by atoms with van der Waals surface area (Å²) < 4.78 is 4.74. The van der Waals surface area contributed by atoms with Crippen LogP contribution in [-0.4, -0.2) is 10.6 Å². The van der Waals surface area contributed by atoms with Crippen LogP contribution in [0.3, 0.4) is 0 Å². The lowest BCUT2D eigenvalue weighted by atomic mass is 10.3. The molecule has 0 N–H and O–H groups in total. The van der Waals surface area contributed by atoms with Crippen molar-refractivity contribution in [3.8, 4) is 5.75 Å². The molecule has 0 spiro atoms. The van der Waals surface area contributed by atoms with Crippen molar-refractivity contribution in [3.05, 3.63) is 40.4 Å². The van der Waals surface area contributed by atoms with E-state index < -0.39 is 10.6 Å². The number of nitrogens with zero attached hydrogens (tertiary/aromatic N) is 1. The molecule has 0 saturated carbocycles. The van der Waals surface area contributed by atoms with Gasteiger partial charge in [0.25, 0.3) is 0 Å². The van der Waals surface area contributed by atoms with E-state index in [1.165, 1.54) is 0 Å². The molecule has 4 nitrogen and oxygen atoms in total. The van der Waals surface area contributed by atoms with Crippen LogP contribution < -0.4 is 4.74 Å². The summed E-state index contributed by atoms with van der Waals surface area (Å²) in [7, 11) is 0. The van der Waals surface area contributed by atoms with Gasteiger partial charge in [0.1, 0.15) is 5.75 Å². The molecule has 0 aliphatic heterocycles. The monoisotopic (exact) mass is 187 g/mol. The number of hydrogen-bond donors (Lipinski definition) is 0. The Morgan fingerprint density at radius 1 is 1.42 bits per heavy atom. The molecular formula is C7H6ClNO3. The summed E-state index contributed by atoms with van der Waals surface area (Å²) in [6.07, 6.45) is 0. The highest BCUT2D eigenvalue weighted by molar-refractivity contribution is 6.18. The molecule has 0 bridgehead atoms. The lowest BCUT2D eigenvalue weighted by Gasteiger charge is -2.04. The molecule has 1 unspecified atom stereocenters. The van der Waals surface area contributed by atoms with Gasteiger partial charge in [-0.2, -0.15) is 0 Å². The fourth-order valence-electron chi connectivity index (χ4n) is 0.654. The van der Waals surface area contributed by atoms with Crippen molar-refractivity contribution in [2.75, 3.05) is 0 Å². The maximum atomic E-state index is 10.1. The minimum Gasteiger partial charge on any atom is -0.418 e. The van der Waals surface area contributed by atoms with E-state index in [1.807, 2.05) is 0 Å². The number of benzene rings is 1. The fourth-order valence-corrected chi connectivity index (χ4v) is 0.757. The minimum atomic E-state index is -1.52. The third-order valence-electron chi connectivity index (χ3n) is 1.14. The molecular weight excluding hydrogens is 182 g/mol. The molecule has 0 aliphatic rings. The molecule has 1 atom stereocenters. The van der Waals surface area contributed by atoms with Gasteiger partial charge in [-0.05, 0) is 12.1 Å². The van der Waals surface area contributed by atoms with Gasteiger partial charge in [-0.3, -0.25) is 10.1 Å². The van der Waals surface area contributed by atoms with E-state index >= 15 is 0 Å². The van der Waals surface area contributed by atoms with Crippen LogP contribution in [0.25, 0.3) is 0 Å². The Kier molecular flexibility index (Phi) is 2.88. The first kappa shape index (κ1) is 8.80. The Morgan fingerprint density at radius 3 is 2.50 bits per heavy atom. The Morgan fingerprint density at radius 2 is 2.00 bits per heavy atom. The SMILES string of the molecule is O=[N+]([O-])C(Cl)Oc1ccccc1. The molecule has 0 amide bonds. The first-order valence-electron chi connectivity index (χ1n) is 3.19. The van der Waals surface area contributed by atoms with Gasteiger partial charge in [0, 0.05) is 11.6 Å². The van der Waals surface area contributed by atoms with Crippen molar-refractivity contribution in [2.45, 2.75) is 5.69 Å². The van der Waals surface area contributed by atoms with Gasteiger partial charge in [0.2, 0.25) is 0 Å². The Balaban J connectivity index is 2.58. The lowest BCUT2D eigenvalue weighted by Crippen LogP contribution is -2.19. The van der Waals surface area contributed by atoms with E-state index in [2.05, 4.69) is 0 Å². The quantitative estimate of drug-likeness (QED) is 0.239. The molecule has 0 fully saturated rings. The molecule has 5 heteroatoms. The first-order valence-corrected chi connectivity index (χ1v) is 3.63. The van der Waals surface area contributed by atoms with Crippen molar-refractivity contribution < 1.29 is 9.66 Å². The van der Waals surface area contributed by atoms with Gasteiger partial charge >= 0.3 is 5.69 Å². The first-order chi connectivity index (χ1) is 5.70. The summed E-state index contributed by atoms with van der Waals surface area (Å²) in [4.78, 5) is 9.34. The summed E-state index contributed by atoms with van der Waals surface area (Å²) in [5.74, 6) is 0.384. The summed E-state index contributed by atoms with van der Waals surface area (Å²) in [6, 6.07) is 8.39. The van der Waals surface area contributed by atoms with Gasteiger partial charge in [-0.15, -0.1) is 0 Å². The summed E-state index contributed by atoms with van der Waals surface area (Å²) in [5.41, 5.74) is -1.52. The number of alkyl halides is 1. The predicted octanol–water partition coefficient (Wildman–Crippen LogP) is 1.86. The molecule has 0 aliphatic carbocycles. The summed E-state index contributed by atoms with van der Waals surface area (Å²) in [5, 5.41) is 10.1. The second-order valence-electron chi connectivity index (χ2n) is 2.01. The molecule has 1 rings (SSSR count). The number of nitro groups is 1. The van der Waals surface area contributed by atoms with Crippen LogP contribution in [0, 0.1) is 10.1 Å². The Hall–Kier alpha value is -1.29. The molecule has 0 aromatic heterocycles. The zero-order valence-electron chi connectivity index (χ0n) is 6.01. The topological polar surface area (TPSA) is 52.4 Å². The predicted molar refractivity (Wildman–Crippen MR) is 43.7 cm³/mol. The molecule has 0 radical (unpaired) electrons. The maximum absolute atomic E-state index is 10.1. The average molecular weight is 188 g/mol. The zero-order valence-corrected chi connectivity index (χ0v) is 6.77. The largest absolute Gasteiger partial charge is 0.435 e. The van der Waals surface area contributed by atoms with Crippen LogP contribution in [0.1, 0.15) is 0 Å². The highest BCUT2D eigenvalue weighted by atomic mass is 35.5. The van der Waals surface area contributed by atoms with Crippen LogP contribution in [-0.2, 0) is 0 Å². The van der Waals surface area contributed by atoms with Crippen molar-refractivity contribution in [1.29, 1.82) is 0 Å². The van der Waals surface area contributed by atoms with Crippen LogP contribution in [0.2, 0.25) is 0 Å². The second-order valence-corrected chi connectivity index (χ2v) is 2.38. The number of para-hydroxylation sites is 1. The standard InChI is InChI=1S/C7H6ClNO3/c8-7(9(10)11)12-6-4-2-1-3-5-6/h1-5,7H. The molecule has 64 valence electrons. The molecule has 12 heavy (non-hydrogen) atoms. The minimum absolute atomic E-state index is 0.384. The Labute approximate surface area is 73.9 Å². The van der Waals surface area contributed by atoms with E-state index in [4.69, 9.17) is 16.3 Å². The van der Waals surface area contributed by atoms with Gasteiger partial charge in [-0.25, -0.2) is 0 Å². The molecule has 1 aromatic carbocycles. The van der Waals surface area contributed by atoms with E-state index in [-0.39, 0.29) is 0 Å². The van der Waals surface area contributed by atoms with E-state index in [1.54, 1.807) is 30.3 Å². The van der Waals surface area contributed by atoms with Gasteiger partial charge in [0.05, 0.1) is 4.92 Å². The van der Waals surface area contributed by atoms with Crippen LogP contribution in [0.15, 0.2) is 30.3 Å². The molecule has 1 aromatic rings.